The van der Waals surface area contributed by atoms with E-state index in [4.69, 9.17) is 13.9 Å². The summed E-state index contributed by atoms with van der Waals surface area (Å²) in [6, 6.07) is 12.0. The van der Waals surface area contributed by atoms with Gasteiger partial charge in [-0.2, -0.15) is 0 Å². The Balaban J connectivity index is 1.38. The van der Waals surface area contributed by atoms with Crippen molar-refractivity contribution >= 4 is 27.9 Å². The molecule has 30 heavy (non-hydrogen) atoms. The summed E-state index contributed by atoms with van der Waals surface area (Å²) in [4.78, 5) is 26.8. The summed E-state index contributed by atoms with van der Waals surface area (Å²) < 4.78 is 17.3. The second kappa shape index (κ2) is 6.84. The first-order valence-corrected chi connectivity index (χ1v) is 9.86. The van der Waals surface area contributed by atoms with E-state index in [0.717, 1.165) is 14.9 Å². The Bertz CT molecular complexity index is 1160. The maximum Gasteiger partial charge on any atom is 0.325 e. The normalized spacial score (nSPS) is 20.0. The molecular weight excluding hydrogens is 456 g/mol. The average Bonchev–Trinajstić information content (AvgIpc) is 3.44. The lowest BCUT2D eigenvalue weighted by Crippen LogP contribution is -2.40. The molecule has 1 aromatic heterocycles. The van der Waals surface area contributed by atoms with Crippen LogP contribution in [0.2, 0.25) is 0 Å². The molecule has 5 rings (SSSR count). The summed E-state index contributed by atoms with van der Waals surface area (Å²) >= 11 is 3.37. The fraction of sp³-hybridized carbons (Fsp3) is 0.200. The molecule has 0 unspecified atom stereocenters. The number of urea groups is 1. The molecule has 2 aliphatic heterocycles. The van der Waals surface area contributed by atoms with E-state index >= 15 is 0 Å². The molecule has 0 bridgehead atoms. The van der Waals surface area contributed by atoms with Crippen LogP contribution < -0.4 is 14.8 Å². The van der Waals surface area contributed by atoms with Gasteiger partial charge < -0.3 is 19.2 Å². The van der Waals surface area contributed by atoms with Gasteiger partial charge in [0.2, 0.25) is 18.6 Å². The van der Waals surface area contributed by atoms with Gasteiger partial charge in [-0.25, -0.2) is 4.79 Å². The summed E-state index contributed by atoms with van der Waals surface area (Å²) in [6.45, 7) is 1.64. The molecule has 0 aliphatic carbocycles. The van der Waals surface area contributed by atoms with Gasteiger partial charge in [0.1, 0.15) is 12.1 Å². The van der Waals surface area contributed by atoms with E-state index in [2.05, 4.69) is 31.4 Å². The predicted octanol–water partition coefficient (Wildman–Crippen LogP) is 3.20. The van der Waals surface area contributed by atoms with E-state index in [1.54, 1.807) is 25.1 Å². The second-order valence-corrected chi connectivity index (χ2v) is 7.94. The summed E-state index contributed by atoms with van der Waals surface area (Å²) in [5.41, 5.74) is 0.0834. The fourth-order valence-electron chi connectivity index (χ4n) is 3.41. The van der Waals surface area contributed by atoms with Gasteiger partial charge in [0.15, 0.2) is 11.5 Å². The summed E-state index contributed by atoms with van der Waals surface area (Å²) in [5, 5.41) is 10.7. The van der Waals surface area contributed by atoms with Gasteiger partial charge in [-0.05, 0) is 48.9 Å². The number of amides is 3. The van der Waals surface area contributed by atoms with Crippen molar-refractivity contribution in [2.24, 2.45) is 0 Å². The zero-order valence-corrected chi connectivity index (χ0v) is 17.3. The third kappa shape index (κ3) is 3.00. The van der Waals surface area contributed by atoms with Gasteiger partial charge >= 0.3 is 6.03 Å². The van der Waals surface area contributed by atoms with E-state index in [9.17, 15) is 9.59 Å². The highest BCUT2D eigenvalue weighted by molar-refractivity contribution is 9.10. The van der Waals surface area contributed by atoms with Crippen LogP contribution in [0.4, 0.5) is 4.79 Å². The lowest BCUT2D eigenvalue weighted by molar-refractivity contribution is -0.131. The van der Waals surface area contributed by atoms with Crippen LogP contribution in [0.1, 0.15) is 18.4 Å². The quantitative estimate of drug-likeness (QED) is 0.583. The highest BCUT2D eigenvalue weighted by atomic mass is 79.9. The minimum absolute atomic E-state index is 0.125. The molecule has 1 atom stereocenters. The Morgan fingerprint density at radius 2 is 1.87 bits per heavy atom. The maximum atomic E-state index is 13.1. The number of carbonyl (C=O) groups is 2. The number of carbonyl (C=O) groups excluding carboxylic acids is 2. The Kier molecular flexibility index (Phi) is 4.24. The first kappa shape index (κ1) is 18.6. The first-order chi connectivity index (χ1) is 14.4. The molecule has 1 saturated heterocycles. The van der Waals surface area contributed by atoms with Crippen molar-refractivity contribution < 1.29 is 23.5 Å². The summed E-state index contributed by atoms with van der Waals surface area (Å²) in [5.74, 6) is 1.18. The number of fused-ring (bicyclic) bond motifs is 1. The van der Waals surface area contributed by atoms with Gasteiger partial charge in [0, 0.05) is 10.0 Å². The van der Waals surface area contributed by atoms with Crippen LogP contribution in [0.3, 0.4) is 0 Å². The summed E-state index contributed by atoms with van der Waals surface area (Å²) in [7, 11) is 0. The molecule has 1 N–H and O–H groups in total. The number of ether oxygens (including phenoxy) is 2. The standard InChI is InChI=1S/C20H15BrN4O5/c1-20(12-4-7-14-15(8-12)29-10-28-14)18(26)25(19(27)22-20)9-16-23-24-17(30-16)11-2-5-13(21)6-3-11/h2-8H,9-10H2,1H3,(H,22,27)/t20-/m0/s1. The van der Waals surface area contributed by atoms with Crippen molar-refractivity contribution in [2.75, 3.05) is 6.79 Å². The molecule has 9 nitrogen and oxygen atoms in total. The predicted molar refractivity (Wildman–Crippen MR) is 106 cm³/mol. The number of imide groups is 1. The molecule has 0 saturated carbocycles. The Morgan fingerprint density at radius 3 is 2.67 bits per heavy atom. The molecule has 10 heteroatoms. The Morgan fingerprint density at radius 1 is 1.10 bits per heavy atom. The van der Waals surface area contributed by atoms with Gasteiger partial charge in [-0.3, -0.25) is 9.69 Å². The highest BCUT2D eigenvalue weighted by Gasteiger charge is 2.49. The third-order valence-corrected chi connectivity index (χ3v) is 5.60. The van der Waals surface area contributed by atoms with E-state index in [-0.39, 0.29) is 19.2 Å². The molecule has 3 heterocycles. The van der Waals surface area contributed by atoms with Gasteiger partial charge in [-0.1, -0.05) is 22.0 Å². The smallest absolute Gasteiger partial charge is 0.325 e. The Hall–Kier alpha value is -3.40. The largest absolute Gasteiger partial charge is 0.454 e. The highest BCUT2D eigenvalue weighted by Crippen LogP contribution is 2.38. The van der Waals surface area contributed by atoms with Crippen LogP contribution in [0.25, 0.3) is 11.5 Å². The first-order valence-electron chi connectivity index (χ1n) is 9.06. The lowest BCUT2D eigenvalue weighted by Gasteiger charge is -2.22. The molecule has 2 aromatic carbocycles. The number of rotatable bonds is 4. The average molecular weight is 471 g/mol. The van der Waals surface area contributed by atoms with Crippen LogP contribution in [0.15, 0.2) is 51.4 Å². The SMILES string of the molecule is C[C@@]1(c2ccc3c(c2)OCO3)NC(=O)N(Cc2nnc(-c3ccc(Br)cc3)o2)C1=O. The topological polar surface area (TPSA) is 107 Å². The molecule has 0 radical (unpaired) electrons. The van der Waals surface area contributed by atoms with Crippen LogP contribution in [-0.4, -0.2) is 33.8 Å². The number of nitrogens with one attached hydrogen (secondary N) is 1. The molecular formula is C20H15BrN4O5. The van der Waals surface area contributed by atoms with Crippen LogP contribution >= 0.6 is 15.9 Å². The maximum absolute atomic E-state index is 13.1. The molecule has 3 aromatic rings. The lowest BCUT2D eigenvalue weighted by atomic mass is 9.91. The fourth-order valence-corrected chi connectivity index (χ4v) is 3.67. The van der Waals surface area contributed by atoms with E-state index in [1.165, 1.54) is 0 Å². The minimum atomic E-state index is -1.24. The number of hydrogen-bond donors (Lipinski definition) is 1. The minimum Gasteiger partial charge on any atom is -0.454 e. The number of benzene rings is 2. The van der Waals surface area contributed by atoms with Crippen molar-refractivity contribution in [2.45, 2.75) is 19.0 Å². The third-order valence-electron chi connectivity index (χ3n) is 5.08. The molecule has 0 spiro atoms. The van der Waals surface area contributed by atoms with Crippen LogP contribution in [0.5, 0.6) is 11.5 Å². The van der Waals surface area contributed by atoms with Crippen LogP contribution in [-0.2, 0) is 16.9 Å². The number of nitrogens with zero attached hydrogens (tertiary/aromatic N) is 3. The molecule has 152 valence electrons. The molecule has 3 amide bonds. The van der Waals surface area contributed by atoms with E-state index in [1.807, 2.05) is 24.3 Å². The zero-order chi connectivity index (χ0) is 20.9. The van der Waals surface area contributed by atoms with E-state index < -0.39 is 17.5 Å². The van der Waals surface area contributed by atoms with Crippen molar-refractivity contribution in [3.8, 4) is 23.0 Å². The van der Waals surface area contributed by atoms with Gasteiger partial charge in [-0.15, -0.1) is 10.2 Å². The number of aromatic nitrogens is 2. The number of hydrogen-bond acceptors (Lipinski definition) is 7. The van der Waals surface area contributed by atoms with Crippen molar-refractivity contribution in [1.82, 2.24) is 20.4 Å². The van der Waals surface area contributed by atoms with Gasteiger partial charge in [0.05, 0.1) is 0 Å². The second-order valence-electron chi connectivity index (χ2n) is 7.02. The summed E-state index contributed by atoms with van der Waals surface area (Å²) in [6.07, 6.45) is 0. The zero-order valence-electron chi connectivity index (χ0n) is 15.7. The van der Waals surface area contributed by atoms with Gasteiger partial charge in [0.25, 0.3) is 5.91 Å². The number of halogens is 1. The van der Waals surface area contributed by atoms with E-state index in [0.29, 0.717) is 23.0 Å². The van der Waals surface area contributed by atoms with Crippen molar-refractivity contribution in [3.05, 3.63) is 58.4 Å². The monoisotopic (exact) mass is 470 g/mol. The van der Waals surface area contributed by atoms with Crippen LogP contribution in [0, 0.1) is 0 Å². The Labute approximate surface area is 179 Å². The molecule has 2 aliphatic rings. The molecule has 1 fully saturated rings. The van der Waals surface area contributed by atoms with Crippen molar-refractivity contribution in [3.63, 3.8) is 0 Å². The van der Waals surface area contributed by atoms with Crippen molar-refractivity contribution in [1.29, 1.82) is 0 Å².